The lowest BCUT2D eigenvalue weighted by molar-refractivity contribution is -0.125. The summed E-state index contributed by atoms with van der Waals surface area (Å²) in [5.74, 6) is 0.213. The highest BCUT2D eigenvalue weighted by atomic mass is 16.5. The van der Waals surface area contributed by atoms with E-state index < -0.39 is 11.6 Å². The fourth-order valence-electron chi connectivity index (χ4n) is 4.53. The van der Waals surface area contributed by atoms with Crippen LogP contribution in [-0.2, 0) is 4.79 Å². The molecule has 1 aliphatic carbocycles. The third-order valence-corrected chi connectivity index (χ3v) is 6.17. The predicted octanol–water partition coefficient (Wildman–Crippen LogP) is 2.93. The summed E-state index contributed by atoms with van der Waals surface area (Å²) in [5.41, 5.74) is 0.679. The summed E-state index contributed by atoms with van der Waals surface area (Å²) in [6.07, 6.45) is 2.51. The number of carbonyl (C=O) groups excluding carboxylic acids is 3. The molecule has 2 fully saturated rings. The van der Waals surface area contributed by atoms with E-state index in [9.17, 15) is 14.4 Å². The molecule has 0 aromatic heterocycles. The molecule has 7 nitrogen and oxygen atoms in total. The molecule has 0 bridgehead atoms. The Balaban J connectivity index is 1.55. The number of methoxy groups -OCH3 is 1. The molecule has 2 aromatic rings. The van der Waals surface area contributed by atoms with E-state index in [0.717, 1.165) is 5.56 Å². The molecular formula is C23H25N3O4. The lowest BCUT2D eigenvalue weighted by Gasteiger charge is -2.38. The average Bonchev–Trinajstić information content (AvgIpc) is 3.05. The van der Waals surface area contributed by atoms with Crippen molar-refractivity contribution in [1.82, 2.24) is 16.0 Å². The van der Waals surface area contributed by atoms with Crippen LogP contribution in [0.5, 0.6) is 5.75 Å². The van der Waals surface area contributed by atoms with Crippen molar-refractivity contribution in [2.75, 3.05) is 7.11 Å². The monoisotopic (exact) mass is 407 g/mol. The first-order valence-corrected chi connectivity index (χ1v) is 10.1. The number of urea groups is 1. The minimum atomic E-state index is -0.818. The highest BCUT2D eigenvalue weighted by molar-refractivity contribution is 6.07. The van der Waals surface area contributed by atoms with Crippen LogP contribution in [0.25, 0.3) is 0 Å². The van der Waals surface area contributed by atoms with Crippen LogP contribution in [0.4, 0.5) is 4.79 Å². The van der Waals surface area contributed by atoms with Gasteiger partial charge in [0.25, 0.3) is 11.8 Å². The largest absolute Gasteiger partial charge is 0.496 e. The van der Waals surface area contributed by atoms with Gasteiger partial charge < -0.3 is 15.4 Å². The summed E-state index contributed by atoms with van der Waals surface area (Å²) in [4.78, 5) is 37.0. The van der Waals surface area contributed by atoms with E-state index in [1.807, 2.05) is 36.4 Å². The zero-order chi connectivity index (χ0) is 21.1. The Bertz CT molecular complexity index is 952. The quantitative estimate of drug-likeness (QED) is 0.664. The first-order valence-electron chi connectivity index (χ1n) is 10.1. The number of rotatable bonds is 5. The number of amides is 4. The molecular weight excluding hydrogens is 382 g/mol. The summed E-state index contributed by atoms with van der Waals surface area (Å²) in [6.45, 7) is 0. The fraction of sp³-hybridized carbons (Fsp3) is 0.348. The number of para-hydroxylation sites is 1. The van der Waals surface area contributed by atoms with Crippen molar-refractivity contribution in [1.29, 1.82) is 0 Å². The van der Waals surface area contributed by atoms with Crippen LogP contribution in [0.15, 0.2) is 54.6 Å². The molecule has 4 amide bonds. The van der Waals surface area contributed by atoms with Crippen molar-refractivity contribution in [3.63, 3.8) is 0 Å². The van der Waals surface area contributed by atoms with Gasteiger partial charge >= 0.3 is 6.03 Å². The maximum absolute atomic E-state index is 13.1. The topological polar surface area (TPSA) is 96.5 Å². The SMILES string of the molecule is COc1ccccc1C(=O)NC(c1ccccc1)C1CCC2(CC1)NC(=O)NC2=O. The van der Waals surface area contributed by atoms with Gasteiger partial charge in [-0.1, -0.05) is 42.5 Å². The van der Waals surface area contributed by atoms with Crippen LogP contribution >= 0.6 is 0 Å². The van der Waals surface area contributed by atoms with E-state index >= 15 is 0 Å². The van der Waals surface area contributed by atoms with Gasteiger partial charge in [0.2, 0.25) is 0 Å². The molecule has 1 aliphatic heterocycles. The van der Waals surface area contributed by atoms with Crippen molar-refractivity contribution < 1.29 is 19.1 Å². The number of nitrogens with one attached hydrogen (secondary N) is 3. The minimum Gasteiger partial charge on any atom is -0.496 e. The van der Waals surface area contributed by atoms with Gasteiger partial charge in [0.05, 0.1) is 18.7 Å². The molecule has 1 saturated heterocycles. The molecule has 7 heteroatoms. The Morgan fingerprint density at radius 1 is 1.07 bits per heavy atom. The van der Waals surface area contributed by atoms with Gasteiger partial charge in [-0.3, -0.25) is 14.9 Å². The summed E-state index contributed by atoms with van der Waals surface area (Å²) in [7, 11) is 1.54. The maximum Gasteiger partial charge on any atom is 0.322 e. The van der Waals surface area contributed by atoms with Crippen LogP contribution in [0.3, 0.4) is 0 Å². The minimum absolute atomic E-state index is 0.141. The Hall–Kier alpha value is -3.35. The zero-order valence-electron chi connectivity index (χ0n) is 16.8. The molecule has 156 valence electrons. The second kappa shape index (κ2) is 8.18. The van der Waals surface area contributed by atoms with Gasteiger partial charge in [-0.05, 0) is 49.3 Å². The number of benzene rings is 2. The lowest BCUT2D eigenvalue weighted by atomic mass is 9.72. The van der Waals surface area contributed by atoms with Gasteiger partial charge in [-0.15, -0.1) is 0 Å². The summed E-state index contributed by atoms with van der Waals surface area (Å²) >= 11 is 0. The van der Waals surface area contributed by atoms with E-state index in [1.54, 1.807) is 25.3 Å². The second-order valence-corrected chi connectivity index (χ2v) is 7.89. The van der Waals surface area contributed by atoms with Gasteiger partial charge in [0.1, 0.15) is 11.3 Å². The summed E-state index contributed by atoms with van der Waals surface area (Å²) in [5, 5.41) is 8.33. The maximum atomic E-state index is 13.1. The number of carbonyl (C=O) groups is 3. The first kappa shape index (κ1) is 19.9. The van der Waals surface area contributed by atoms with Crippen LogP contribution in [0, 0.1) is 5.92 Å². The van der Waals surface area contributed by atoms with E-state index in [1.165, 1.54) is 0 Å². The zero-order valence-corrected chi connectivity index (χ0v) is 16.8. The van der Waals surface area contributed by atoms with E-state index in [-0.39, 0.29) is 23.8 Å². The van der Waals surface area contributed by atoms with Crippen molar-refractivity contribution in [2.24, 2.45) is 5.92 Å². The van der Waals surface area contributed by atoms with Gasteiger partial charge in [0.15, 0.2) is 0 Å². The van der Waals surface area contributed by atoms with E-state index in [4.69, 9.17) is 4.74 Å². The normalized spacial score (nSPS) is 24.1. The number of hydrogen-bond donors (Lipinski definition) is 3. The molecule has 1 spiro atoms. The van der Waals surface area contributed by atoms with Crippen LogP contribution in [-0.4, -0.2) is 30.5 Å². The lowest BCUT2D eigenvalue weighted by Crippen LogP contribution is -2.50. The second-order valence-electron chi connectivity index (χ2n) is 7.89. The third kappa shape index (κ3) is 3.75. The Morgan fingerprint density at radius 3 is 2.37 bits per heavy atom. The molecule has 30 heavy (non-hydrogen) atoms. The Kier molecular flexibility index (Phi) is 5.44. The molecule has 1 atom stereocenters. The highest BCUT2D eigenvalue weighted by Gasteiger charge is 2.49. The van der Waals surface area contributed by atoms with Crippen molar-refractivity contribution in [3.8, 4) is 5.75 Å². The van der Waals surface area contributed by atoms with Crippen molar-refractivity contribution >= 4 is 17.8 Å². The van der Waals surface area contributed by atoms with E-state index in [2.05, 4.69) is 16.0 Å². The summed E-state index contributed by atoms with van der Waals surface area (Å²) in [6, 6.07) is 16.3. The average molecular weight is 407 g/mol. The standard InChI is InChI=1S/C23H25N3O4/c1-30-18-10-6-5-9-17(18)20(27)24-19(15-7-3-2-4-8-15)16-11-13-23(14-12-16)21(28)25-22(29)26-23/h2-10,16,19H,11-14H2,1H3,(H,24,27)(H2,25,26,28,29). The van der Waals surface area contributed by atoms with Gasteiger partial charge in [-0.25, -0.2) is 4.79 Å². The molecule has 2 aromatic carbocycles. The van der Waals surface area contributed by atoms with Crippen LogP contribution in [0.2, 0.25) is 0 Å². The Labute approximate surface area is 175 Å². The number of hydrogen-bond acceptors (Lipinski definition) is 4. The first-order chi connectivity index (χ1) is 14.5. The van der Waals surface area contributed by atoms with Crippen molar-refractivity contribution in [2.45, 2.75) is 37.3 Å². The van der Waals surface area contributed by atoms with Crippen molar-refractivity contribution in [3.05, 3.63) is 65.7 Å². The summed E-state index contributed by atoms with van der Waals surface area (Å²) < 4.78 is 5.34. The van der Waals surface area contributed by atoms with Crippen LogP contribution < -0.4 is 20.7 Å². The number of imide groups is 1. The molecule has 3 N–H and O–H groups in total. The predicted molar refractivity (Wildman–Crippen MR) is 111 cm³/mol. The third-order valence-electron chi connectivity index (χ3n) is 6.17. The number of ether oxygens (including phenoxy) is 1. The molecule has 4 rings (SSSR count). The highest BCUT2D eigenvalue weighted by Crippen LogP contribution is 2.40. The smallest absolute Gasteiger partial charge is 0.322 e. The molecule has 0 radical (unpaired) electrons. The van der Waals surface area contributed by atoms with Gasteiger partial charge in [-0.2, -0.15) is 0 Å². The Morgan fingerprint density at radius 2 is 1.73 bits per heavy atom. The molecule has 1 saturated carbocycles. The molecule has 1 heterocycles. The fourth-order valence-corrected chi connectivity index (χ4v) is 4.53. The molecule has 2 aliphatic rings. The molecule has 1 unspecified atom stereocenters. The van der Waals surface area contributed by atoms with Crippen LogP contribution in [0.1, 0.15) is 47.6 Å². The van der Waals surface area contributed by atoms with E-state index in [0.29, 0.717) is 37.0 Å². The van der Waals surface area contributed by atoms with Gasteiger partial charge in [0, 0.05) is 0 Å².